The Morgan fingerprint density at radius 3 is 1.06 bits per heavy atom. The van der Waals surface area contributed by atoms with Crippen molar-refractivity contribution in [3.63, 3.8) is 0 Å². The average Bonchev–Trinajstić information content (AvgIpc) is 2.73. The molecule has 0 aromatic rings. The van der Waals surface area contributed by atoms with Crippen molar-refractivity contribution in [2.45, 2.75) is 77.5 Å². The molecular weight excluding hydrogens is 515 g/mol. The molecule has 14 nitrogen and oxygen atoms in total. The van der Waals surface area contributed by atoms with Crippen LogP contribution in [0.2, 0.25) is 0 Å². The van der Waals surface area contributed by atoms with Gasteiger partial charge in [-0.3, -0.25) is 20.4 Å². The number of aliphatic hydroxyl groups excluding tert-OH is 2. The van der Waals surface area contributed by atoms with E-state index in [1.54, 1.807) is 55.4 Å². The van der Waals surface area contributed by atoms with E-state index in [0.29, 0.717) is 0 Å². The first-order valence-electron chi connectivity index (χ1n) is 10.6. The van der Waals surface area contributed by atoms with Crippen molar-refractivity contribution in [1.82, 2.24) is 10.6 Å². The lowest BCUT2D eigenvalue weighted by Gasteiger charge is -2.21. The van der Waals surface area contributed by atoms with Gasteiger partial charge in [-0.2, -0.15) is 20.5 Å². The SMILES string of the molecule is CC(C)(N=NC(C)(C)C(=N)N)C(=N)N.CC(C)(N=NC(C)(C)C(=O)NCCO)C(=O)NCCO.Cl.Cl. The highest BCUT2D eigenvalue weighted by Gasteiger charge is 2.31. The minimum atomic E-state index is -1.14. The Bertz CT molecular complexity index is 722. The number of hydrogen-bond acceptors (Lipinski definition) is 10. The molecule has 0 saturated carbocycles. The Labute approximate surface area is 225 Å². The maximum absolute atomic E-state index is 11.8. The molecule has 0 aliphatic carbocycles. The second-order valence-corrected chi connectivity index (χ2v) is 9.42. The summed E-state index contributed by atoms with van der Waals surface area (Å²) in [5, 5.41) is 52.4. The van der Waals surface area contributed by atoms with Crippen LogP contribution in [-0.4, -0.2) is 82.2 Å². The summed E-state index contributed by atoms with van der Waals surface area (Å²) in [6, 6.07) is 0. The van der Waals surface area contributed by atoms with E-state index in [4.69, 9.17) is 32.5 Å². The van der Waals surface area contributed by atoms with Crippen LogP contribution in [0, 0.1) is 10.8 Å². The van der Waals surface area contributed by atoms with E-state index < -0.39 is 22.2 Å². The summed E-state index contributed by atoms with van der Waals surface area (Å²) >= 11 is 0. The van der Waals surface area contributed by atoms with Crippen molar-refractivity contribution in [3.05, 3.63) is 0 Å². The molecule has 0 rings (SSSR count). The molecular formula is C20H44Cl2N10O4. The monoisotopic (exact) mass is 558 g/mol. The van der Waals surface area contributed by atoms with Crippen LogP contribution in [-0.2, 0) is 9.59 Å². The zero-order valence-corrected chi connectivity index (χ0v) is 23.9. The summed E-state index contributed by atoms with van der Waals surface area (Å²) in [7, 11) is 0. The number of aliphatic hydroxyl groups is 2. The van der Waals surface area contributed by atoms with Gasteiger partial charge in [-0.05, 0) is 55.4 Å². The number of amidine groups is 2. The topological polar surface area (TPSA) is 248 Å². The number of carbonyl (C=O) groups excluding carboxylic acids is 2. The van der Waals surface area contributed by atoms with Crippen molar-refractivity contribution in [1.29, 1.82) is 10.8 Å². The molecule has 0 aromatic carbocycles. The molecule has 0 spiro atoms. The van der Waals surface area contributed by atoms with Gasteiger partial charge >= 0.3 is 0 Å². The zero-order valence-electron chi connectivity index (χ0n) is 22.3. The number of carbonyl (C=O) groups is 2. The van der Waals surface area contributed by atoms with Crippen LogP contribution < -0.4 is 22.1 Å². The van der Waals surface area contributed by atoms with Crippen LogP contribution in [0.4, 0.5) is 0 Å². The summed E-state index contributed by atoms with van der Waals surface area (Å²) < 4.78 is 0. The fourth-order valence-electron chi connectivity index (χ4n) is 1.47. The number of nitrogens with one attached hydrogen (secondary N) is 4. The Hall–Kier alpha value is -2.42. The predicted octanol–water partition coefficient (Wildman–Crippen LogP) is 0.924. The van der Waals surface area contributed by atoms with Crippen LogP contribution in [0.3, 0.4) is 0 Å². The van der Waals surface area contributed by atoms with E-state index in [0.717, 1.165) is 0 Å². The van der Waals surface area contributed by atoms with Crippen molar-refractivity contribution in [2.24, 2.45) is 31.9 Å². The second kappa shape index (κ2) is 17.1. The van der Waals surface area contributed by atoms with E-state index in [9.17, 15) is 9.59 Å². The Morgan fingerprint density at radius 2 is 0.861 bits per heavy atom. The molecule has 0 fully saturated rings. The largest absolute Gasteiger partial charge is 0.395 e. The standard InChI is InChI=1S/C12H24N4O4.C8H18N6.2ClH/c1-11(2,9(19)13-5-7-17)15-16-12(3,4)10(20)14-6-8-18;1-7(2,5(9)10)13-14-8(3,4)6(11)12;;/h17-18H,5-8H2,1-4H3,(H,13,19)(H,14,20);1-4H3,(H3,9,10)(H3,11,12);2*1H. The molecule has 0 heterocycles. The molecule has 0 saturated heterocycles. The lowest BCUT2D eigenvalue weighted by atomic mass is 10.0. The highest BCUT2D eigenvalue weighted by Crippen LogP contribution is 2.17. The Balaban J connectivity index is -0.000000285. The van der Waals surface area contributed by atoms with Gasteiger partial charge in [0.05, 0.1) is 13.2 Å². The Morgan fingerprint density at radius 1 is 0.639 bits per heavy atom. The van der Waals surface area contributed by atoms with Gasteiger partial charge in [-0.1, -0.05) is 0 Å². The van der Waals surface area contributed by atoms with E-state index in [-0.39, 0.29) is 74.6 Å². The van der Waals surface area contributed by atoms with Gasteiger partial charge in [-0.25, -0.2) is 0 Å². The van der Waals surface area contributed by atoms with Crippen molar-refractivity contribution >= 4 is 48.3 Å². The molecule has 0 aliphatic heterocycles. The highest BCUT2D eigenvalue weighted by atomic mass is 35.5. The molecule has 0 bridgehead atoms. The number of nitrogens with two attached hydrogens (primary N) is 2. The van der Waals surface area contributed by atoms with Gasteiger partial charge in [0.15, 0.2) is 11.1 Å². The van der Waals surface area contributed by atoms with Gasteiger partial charge in [0.2, 0.25) is 11.8 Å². The van der Waals surface area contributed by atoms with Gasteiger partial charge in [0.25, 0.3) is 0 Å². The van der Waals surface area contributed by atoms with Crippen LogP contribution in [0.15, 0.2) is 20.5 Å². The van der Waals surface area contributed by atoms with Crippen LogP contribution >= 0.6 is 24.8 Å². The summed E-state index contributed by atoms with van der Waals surface area (Å²) in [5.41, 5.74) is 6.69. The second-order valence-electron chi connectivity index (χ2n) is 9.42. The number of azo groups is 2. The number of rotatable bonds is 12. The molecule has 10 N–H and O–H groups in total. The normalized spacial score (nSPS) is 12.1. The molecule has 36 heavy (non-hydrogen) atoms. The lowest BCUT2D eigenvalue weighted by molar-refractivity contribution is -0.127. The average molecular weight is 560 g/mol. The first-order chi connectivity index (χ1) is 15.3. The number of amides is 2. The summed E-state index contributed by atoms with van der Waals surface area (Å²) in [6.45, 7) is 12.9. The molecule has 0 aromatic heterocycles. The van der Waals surface area contributed by atoms with E-state index in [1.807, 2.05) is 0 Å². The first kappa shape index (κ1) is 40.7. The maximum Gasteiger partial charge on any atom is 0.249 e. The fraction of sp³-hybridized carbons (Fsp3) is 0.800. The Kier molecular flexibility index (Phi) is 19.4. The summed E-state index contributed by atoms with van der Waals surface area (Å²) in [6.07, 6.45) is 0. The minimum Gasteiger partial charge on any atom is -0.395 e. The van der Waals surface area contributed by atoms with Gasteiger partial charge in [-0.15, -0.1) is 24.8 Å². The molecule has 2 amide bonds. The third kappa shape index (κ3) is 15.5. The van der Waals surface area contributed by atoms with Crippen LogP contribution in [0.1, 0.15) is 55.4 Å². The van der Waals surface area contributed by atoms with Gasteiger partial charge in [0.1, 0.15) is 22.7 Å². The molecule has 0 aliphatic rings. The minimum absolute atomic E-state index is 0. The zero-order chi connectivity index (χ0) is 27.4. The van der Waals surface area contributed by atoms with E-state index in [1.165, 1.54) is 0 Å². The van der Waals surface area contributed by atoms with E-state index >= 15 is 0 Å². The summed E-state index contributed by atoms with van der Waals surface area (Å²) in [4.78, 5) is 23.5. The van der Waals surface area contributed by atoms with Crippen molar-refractivity contribution < 1.29 is 19.8 Å². The van der Waals surface area contributed by atoms with Crippen LogP contribution in [0.5, 0.6) is 0 Å². The summed E-state index contributed by atoms with van der Waals surface area (Å²) in [5.74, 6) is -0.912. The van der Waals surface area contributed by atoms with Gasteiger partial charge in [0, 0.05) is 13.1 Å². The molecule has 0 atom stereocenters. The van der Waals surface area contributed by atoms with Crippen LogP contribution in [0.25, 0.3) is 0 Å². The van der Waals surface area contributed by atoms with Gasteiger partial charge < -0.3 is 32.3 Å². The quantitative estimate of drug-likeness (QED) is 0.0980. The first-order valence-corrected chi connectivity index (χ1v) is 10.6. The third-order valence-corrected chi connectivity index (χ3v) is 4.32. The maximum atomic E-state index is 11.8. The number of hydrogen-bond donors (Lipinski definition) is 8. The fourth-order valence-corrected chi connectivity index (χ4v) is 1.47. The molecule has 16 heteroatoms. The highest BCUT2D eigenvalue weighted by molar-refractivity contribution is 5.88. The molecule has 212 valence electrons. The van der Waals surface area contributed by atoms with Crippen molar-refractivity contribution in [2.75, 3.05) is 26.3 Å². The lowest BCUT2D eigenvalue weighted by Crippen LogP contribution is -2.44. The third-order valence-electron chi connectivity index (χ3n) is 4.32. The molecule has 0 radical (unpaired) electrons. The number of nitrogens with zero attached hydrogens (tertiary/aromatic N) is 4. The predicted molar refractivity (Wildman–Crippen MR) is 145 cm³/mol. The number of halogens is 2. The van der Waals surface area contributed by atoms with E-state index in [2.05, 4.69) is 31.1 Å². The smallest absolute Gasteiger partial charge is 0.249 e. The van der Waals surface area contributed by atoms with Crippen molar-refractivity contribution in [3.8, 4) is 0 Å². The molecule has 0 unspecified atom stereocenters.